The molecule has 0 amide bonds. The second-order valence-corrected chi connectivity index (χ2v) is 6.40. The van der Waals surface area contributed by atoms with Crippen molar-refractivity contribution in [2.24, 2.45) is 5.92 Å². The van der Waals surface area contributed by atoms with Gasteiger partial charge in [-0.2, -0.15) is 0 Å². The highest BCUT2D eigenvalue weighted by atomic mass is 79.9. The van der Waals surface area contributed by atoms with E-state index in [1.165, 1.54) is 0 Å². The van der Waals surface area contributed by atoms with Crippen LogP contribution in [0.2, 0.25) is 0 Å². The normalized spacial score (nSPS) is 13.6. The van der Waals surface area contributed by atoms with Crippen LogP contribution in [0, 0.1) is 17.6 Å². The molecule has 18 heavy (non-hydrogen) atoms. The molecule has 0 spiro atoms. The maximum absolute atomic E-state index is 13.5. The maximum Gasteiger partial charge on any atom is 0.244 e. The van der Waals surface area contributed by atoms with Gasteiger partial charge in [0.25, 0.3) is 0 Å². The van der Waals surface area contributed by atoms with Gasteiger partial charge in [0, 0.05) is 23.7 Å². The van der Waals surface area contributed by atoms with E-state index in [2.05, 4.69) is 20.7 Å². The van der Waals surface area contributed by atoms with Crippen LogP contribution in [0.15, 0.2) is 21.5 Å². The molecule has 2 N–H and O–H groups in total. The van der Waals surface area contributed by atoms with Crippen LogP contribution in [0.25, 0.3) is 0 Å². The largest absolute Gasteiger partial charge is 0.396 e. The maximum atomic E-state index is 13.5. The summed E-state index contributed by atoms with van der Waals surface area (Å²) in [4.78, 5) is -0.644. The van der Waals surface area contributed by atoms with E-state index in [-0.39, 0.29) is 23.5 Å². The van der Waals surface area contributed by atoms with Crippen molar-refractivity contribution < 1.29 is 22.3 Å². The lowest BCUT2D eigenvalue weighted by molar-refractivity contribution is 0.238. The van der Waals surface area contributed by atoms with Crippen LogP contribution in [0.1, 0.15) is 6.92 Å². The molecule has 1 rings (SSSR count). The van der Waals surface area contributed by atoms with Crippen LogP contribution in [0.5, 0.6) is 0 Å². The first-order valence-corrected chi connectivity index (χ1v) is 7.30. The van der Waals surface area contributed by atoms with Gasteiger partial charge in [0.15, 0.2) is 0 Å². The van der Waals surface area contributed by atoms with E-state index in [1.54, 1.807) is 6.92 Å². The summed E-state index contributed by atoms with van der Waals surface area (Å²) in [6.45, 7) is 1.39. The van der Waals surface area contributed by atoms with Crippen molar-refractivity contribution in [3.8, 4) is 0 Å². The number of nitrogens with one attached hydrogen (secondary N) is 1. The molecule has 0 aromatic heterocycles. The van der Waals surface area contributed by atoms with Crippen molar-refractivity contribution in [1.29, 1.82) is 0 Å². The summed E-state index contributed by atoms with van der Waals surface area (Å²) in [5.74, 6) is -2.35. The molecule has 0 aliphatic heterocycles. The van der Waals surface area contributed by atoms with E-state index in [0.717, 1.165) is 6.07 Å². The second kappa shape index (κ2) is 6.05. The minimum Gasteiger partial charge on any atom is -0.396 e. The van der Waals surface area contributed by atoms with Crippen molar-refractivity contribution in [3.05, 3.63) is 28.2 Å². The quantitative estimate of drug-likeness (QED) is 0.853. The Labute approximate surface area is 112 Å². The molecular formula is C10H12BrF2NO3S. The molecule has 0 saturated carbocycles. The Morgan fingerprint density at radius 2 is 2.06 bits per heavy atom. The second-order valence-electron chi connectivity index (χ2n) is 3.84. The van der Waals surface area contributed by atoms with E-state index in [1.807, 2.05) is 0 Å². The van der Waals surface area contributed by atoms with Crippen LogP contribution < -0.4 is 4.72 Å². The first-order chi connectivity index (χ1) is 8.27. The lowest BCUT2D eigenvalue weighted by Gasteiger charge is -2.12. The third-order valence-corrected chi connectivity index (χ3v) is 4.55. The lowest BCUT2D eigenvalue weighted by Crippen LogP contribution is -2.30. The van der Waals surface area contributed by atoms with Crippen LogP contribution in [-0.4, -0.2) is 26.7 Å². The topological polar surface area (TPSA) is 66.4 Å². The summed E-state index contributed by atoms with van der Waals surface area (Å²) >= 11 is 2.81. The zero-order chi connectivity index (χ0) is 13.9. The average Bonchev–Trinajstić information content (AvgIpc) is 2.24. The van der Waals surface area contributed by atoms with Crippen molar-refractivity contribution in [3.63, 3.8) is 0 Å². The highest BCUT2D eigenvalue weighted by Crippen LogP contribution is 2.26. The van der Waals surface area contributed by atoms with Gasteiger partial charge in [0.2, 0.25) is 10.0 Å². The molecule has 1 unspecified atom stereocenters. The Hall–Kier alpha value is -0.570. The highest BCUT2D eigenvalue weighted by molar-refractivity contribution is 9.10. The van der Waals surface area contributed by atoms with Gasteiger partial charge < -0.3 is 5.11 Å². The number of hydrogen-bond donors (Lipinski definition) is 2. The van der Waals surface area contributed by atoms with Gasteiger partial charge in [-0.05, 0) is 27.9 Å². The summed E-state index contributed by atoms with van der Waals surface area (Å²) in [7, 11) is -4.09. The molecule has 1 aromatic rings. The van der Waals surface area contributed by atoms with E-state index >= 15 is 0 Å². The average molecular weight is 344 g/mol. The molecule has 0 heterocycles. The third-order valence-electron chi connectivity index (χ3n) is 2.17. The van der Waals surface area contributed by atoms with Crippen molar-refractivity contribution in [2.75, 3.05) is 13.2 Å². The number of aliphatic hydroxyl groups is 1. The van der Waals surface area contributed by atoms with Crippen molar-refractivity contribution in [1.82, 2.24) is 4.72 Å². The third kappa shape index (κ3) is 3.71. The molecule has 102 valence electrons. The minimum atomic E-state index is -4.09. The van der Waals surface area contributed by atoms with Crippen LogP contribution >= 0.6 is 15.9 Å². The molecule has 8 heteroatoms. The van der Waals surface area contributed by atoms with Crippen LogP contribution in [-0.2, 0) is 10.0 Å². The SMILES string of the molecule is CC(CO)CNS(=O)(=O)c1c(F)cc(F)cc1Br. The molecule has 1 aromatic carbocycles. The fourth-order valence-electron chi connectivity index (χ4n) is 1.17. The number of hydrogen-bond acceptors (Lipinski definition) is 3. The van der Waals surface area contributed by atoms with Gasteiger partial charge in [0.1, 0.15) is 16.5 Å². The van der Waals surface area contributed by atoms with Gasteiger partial charge in [-0.3, -0.25) is 0 Å². The predicted molar refractivity (Wildman–Crippen MR) is 65.5 cm³/mol. The summed E-state index contributed by atoms with van der Waals surface area (Å²) < 4.78 is 51.9. The number of benzene rings is 1. The minimum absolute atomic E-state index is 0.0396. The van der Waals surface area contributed by atoms with Crippen molar-refractivity contribution >= 4 is 26.0 Å². The molecule has 0 aliphatic rings. The number of rotatable bonds is 5. The Morgan fingerprint density at radius 1 is 1.44 bits per heavy atom. The van der Waals surface area contributed by atoms with E-state index in [4.69, 9.17) is 5.11 Å². The van der Waals surface area contributed by atoms with Crippen molar-refractivity contribution in [2.45, 2.75) is 11.8 Å². The smallest absolute Gasteiger partial charge is 0.244 e. The van der Waals surface area contributed by atoms with Gasteiger partial charge >= 0.3 is 0 Å². The first-order valence-electron chi connectivity index (χ1n) is 5.03. The zero-order valence-electron chi connectivity index (χ0n) is 9.45. The Morgan fingerprint density at radius 3 is 2.56 bits per heavy atom. The Balaban J connectivity index is 3.06. The molecule has 4 nitrogen and oxygen atoms in total. The van der Waals surface area contributed by atoms with Gasteiger partial charge in [0.05, 0.1) is 0 Å². The molecule has 0 aliphatic carbocycles. The highest BCUT2D eigenvalue weighted by Gasteiger charge is 2.23. The first kappa shape index (κ1) is 15.5. The number of aliphatic hydroxyl groups excluding tert-OH is 1. The molecule has 0 radical (unpaired) electrons. The summed E-state index contributed by atoms with van der Waals surface area (Å²) in [5.41, 5.74) is 0. The lowest BCUT2D eigenvalue weighted by atomic mass is 10.2. The molecule has 0 fully saturated rings. The van der Waals surface area contributed by atoms with Crippen LogP contribution in [0.3, 0.4) is 0 Å². The fourth-order valence-corrected chi connectivity index (χ4v) is 3.50. The fraction of sp³-hybridized carbons (Fsp3) is 0.400. The van der Waals surface area contributed by atoms with Gasteiger partial charge in [-0.1, -0.05) is 6.92 Å². The number of sulfonamides is 1. The van der Waals surface area contributed by atoms with Crippen LogP contribution in [0.4, 0.5) is 8.78 Å². The van der Waals surface area contributed by atoms with Gasteiger partial charge in [-0.25, -0.2) is 21.9 Å². The van der Waals surface area contributed by atoms with E-state index in [9.17, 15) is 17.2 Å². The Kier molecular flexibility index (Phi) is 5.20. The van der Waals surface area contributed by atoms with E-state index in [0.29, 0.717) is 6.07 Å². The summed E-state index contributed by atoms with van der Waals surface area (Å²) in [5, 5.41) is 8.78. The summed E-state index contributed by atoms with van der Waals surface area (Å²) in [6, 6.07) is 1.36. The zero-order valence-corrected chi connectivity index (χ0v) is 11.9. The molecule has 1 atom stereocenters. The number of halogens is 3. The molecular weight excluding hydrogens is 332 g/mol. The summed E-state index contributed by atoms with van der Waals surface area (Å²) in [6.07, 6.45) is 0. The molecule has 0 saturated heterocycles. The predicted octanol–water partition coefficient (Wildman–Crippen LogP) is 1.63. The Bertz CT molecular complexity index is 513. The standard InChI is InChI=1S/C10H12BrF2NO3S/c1-6(5-15)4-14-18(16,17)10-8(11)2-7(12)3-9(10)13/h2-3,6,14-15H,4-5H2,1H3. The van der Waals surface area contributed by atoms with E-state index < -0.39 is 26.6 Å². The molecule has 0 bridgehead atoms. The van der Waals surface area contributed by atoms with Gasteiger partial charge in [-0.15, -0.1) is 0 Å². The monoisotopic (exact) mass is 343 g/mol.